The van der Waals surface area contributed by atoms with Gasteiger partial charge in [-0.15, -0.1) is 0 Å². The smallest absolute Gasteiger partial charge is 0.193 e. The van der Waals surface area contributed by atoms with Gasteiger partial charge in [0.15, 0.2) is 5.96 Å². The first-order valence-corrected chi connectivity index (χ1v) is 10.00. The molecule has 2 heterocycles. The van der Waals surface area contributed by atoms with E-state index in [9.17, 15) is 4.39 Å². The lowest BCUT2D eigenvalue weighted by Crippen LogP contribution is -2.46. The highest BCUT2D eigenvalue weighted by molar-refractivity contribution is 5.80. The van der Waals surface area contributed by atoms with Gasteiger partial charge in [0, 0.05) is 38.3 Å². The van der Waals surface area contributed by atoms with Crippen LogP contribution in [0.1, 0.15) is 45.1 Å². The van der Waals surface area contributed by atoms with E-state index in [1.807, 2.05) is 12.1 Å². The summed E-state index contributed by atoms with van der Waals surface area (Å²) in [6.45, 7) is 9.65. The van der Waals surface area contributed by atoms with Crippen LogP contribution in [0.2, 0.25) is 0 Å². The van der Waals surface area contributed by atoms with E-state index in [0.29, 0.717) is 0 Å². The van der Waals surface area contributed by atoms with Crippen LogP contribution >= 0.6 is 0 Å². The Kier molecular flexibility index (Phi) is 6.52. The molecule has 2 aliphatic rings. The normalized spacial score (nSPS) is 21.7. The van der Waals surface area contributed by atoms with E-state index in [-0.39, 0.29) is 11.2 Å². The standard InChI is InChI=1S/C21H32FN3O/c1-3-23-20(25-12-8-17(2)9-13-25)24-16-21(10-14-26-15-11-21)18-4-6-19(22)7-5-18/h4-7,17H,3,8-16H2,1-2H3,(H,23,24). The lowest BCUT2D eigenvalue weighted by atomic mass is 9.74. The number of rotatable bonds is 4. The summed E-state index contributed by atoms with van der Waals surface area (Å²) in [5, 5.41) is 3.47. The maximum atomic E-state index is 13.4. The van der Waals surface area contributed by atoms with Gasteiger partial charge in [-0.2, -0.15) is 0 Å². The predicted molar refractivity (Wildman–Crippen MR) is 104 cm³/mol. The van der Waals surface area contributed by atoms with Crippen LogP contribution in [0.25, 0.3) is 0 Å². The largest absolute Gasteiger partial charge is 0.381 e. The van der Waals surface area contributed by atoms with Gasteiger partial charge in [-0.25, -0.2) is 4.39 Å². The third-order valence-electron chi connectivity index (χ3n) is 5.86. The summed E-state index contributed by atoms with van der Waals surface area (Å²) < 4.78 is 19.0. The molecule has 3 rings (SSSR count). The van der Waals surface area contributed by atoms with Gasteiger partial charge in [-0.05, 0) is 56.2 Å². The van der Waals surface area contributed by atoms with Gasteiger partial charge in [0.25, 0.3) is 0 Å². The van der Waals surface area contributed by atoms with Crippen molar-refractivity contribution in [3.8, 4) is 0 Å². The summed E-state index contributed by atoms with van der Waals surface area (Å²) in [5.41, 5.74) is 1.12. The van der Waals surface area contributed by atoms with E-state index in [4.69, 9.17) is 9.73 Å². The molecule has 0 amide bonds. The Labute approximate surface area is 156 Å². The van der Waals surface area contributed by atoms with Crippen molar-refractivity contribution in [3.63, 3.8) is 0 Å². The second-order valence-corrected chi connectivity index (χ2v) is 7.74. The zero-order valence-corrected chi connectivity index (χ0v) is 16.1. The zero-order chi connectivity index (χ0) is 18.4. The lowest BCUT2D eigenvalue weighted by molar-refractivity contribution is 0.0529. The van der Waals surface area contributed by atoms with E-state index in [1.54, 1.807) is 12.1 Å². The third-order valence-corrected chi connectivity index (χ3v) is 5.86. The number of ether oxygens (including phenoxy) is 1. The first-order valence-electron chi connectivity index (χ1n) is 10.00. The van der Waals surface area contributed by atoms with Gasteiger partial charge < -0.3 is 15.0 Å². The van der Waals surface area contributed by atoms with Crippen molar-refractivity contribution >= 4 is 5.96 Å². The molecule has 0 aliphatic carbocycles. The highest BCUT2D eigenvalue weighted by Crippen LogP contribution is 2.35. The number of nitrogens with one attached hydrogen (secondary N) is 1. The molecule has 144 valence electrons. The molecule has 0 atom stereocenters. The summed E-state index contributed by atoms with van der Waals surface area (Å²) in [6.07, 6.45) is 4.31. The molecule has 0 saturated carbocycles. The van der Waals surface area contributed by atoms with Crippen molar-refractivity contribution in [3.05, 3.63) is 35.6 Å². The molecule has 0 spiro atoms. The maximum absolute atomic E-state index is 13.4. The monoisotopic (exact) mass is 361 g/mol. The summed E-state index contributed by atoms with van der Waals surface area (Å²) in [7, 11) is 0. The van der Waals surface area contributed by atoms with Gasteiger partial charge in [0.05, 0.1) is 6.54 Å². The lowest BCUT2D eigenvalue weighted by Gasteiger charge is -2.38. The number of aliphatic imine (C=N–C) groups is 1. The second kappa shape index (κ2) is 8.85. The van der Waals surface area contributed by atoms with Crippen LogP contribution in [-0.2, 0) is 10.2 Å². The van der Waals surface area contributed by atoms with Crippen LogP contribution in [0.15, 0.2) is 29.3 Å². The molecule has 1 aromatic carbocycles. The number of benzene rings is 1. The van der Waals surface area contributed by atoms with E-state index < -0.39 is 0 Å². The highest BCUT2D eigenvalue weighted by atomic mass is 19.1. The van der Waals surface area contributed by atoms with Gasteiger partial charge in [-0.3, -0.25) is 4.99 Å². The zero-order valence-electron chi connectivity index (χ0n) is 16.1. The van der Waals surface area contributed by atoms with Crippen molar-refractivity contribution in [1.29, 1.82) is 0 Å². The Morgan fingerprint density at radius 2 is 1.88 bits per heavy atom. The molecule has 0 bridgehead atoms. The Balaban J connectivity index is 1.80. The summed E-state index contributed by atoms with van der Waals surface area (Å²) in [6, 6.07) is 6.97. The molecule has 1 N–H and O–H groups in total. The SMILES string of the molecule is CCNC(=NCC1(c2ccc(F)cc2)CCOCC1)N1CCC(C)CC1. The Hall–Kier alpha value is -1.62. The molecular weight excluding hydrogens is 329 g/mol. The fourth-order valence-corrected chi connectivity index (χ4v) is 3.98. The van der Waals surface area contributed by atoms with Gasteiger partial charge in [0.1, 0.15) is 5.82 Å². The van der Waals surface area contributed by atoms with E-state index in [0.717, 1.165) is 64.1 Å². The maximum Gasteiger partial charge on any atom is 0.193 e. The molecule has 2 aliphatic heterocycles. The predicted octanol–water partition coefficient (Wildman–Crippen LogP) is 3.57. The van der Waals surface area contributed by atoms with E-state index in [2.05, 4.69) is 24.1 Å². The van der Waals surface area contributed by atoms with Crippen molar-refractivity contribution in [1.82, 2.24) is 10.2 Å². The number of nitrogens with zero attached hydrogens (tertiary/aromatic N) is 2. The molecule has 2 saturated heterocycles. The van der Waals surface area contributed by atoms with Crippen LogP contribution in [0.4, 0.5) is 4.39 Å². The molecule has 4 nitrogen and oxygen atoms in total. The van der Waals surface area contributed by atoms with E-state index >= 15 is 0 Å². The summed E-state index contributed by atoms with van der Waals surface area (Å²) >= 11 is 0. The highest BCUT2D eigenvalue weighted by Gasteiger charge is 2.35. The third kappa shape index (κ3) is 4.56. The number of hydrogen-bond donors (Lipinski definition) is 1. The first-order chi connectivity index (χ1) is 12.6. The van der Waals surface area contributed by atoms with Crippen molar-refractivity contribution in [2.75, 3.05) is 39.4 Å². The first kappa shape index (κ1) is 19.2. The Morgan fingerprint density at radius 3 is 2.50 bits per heavy atom. The molecular formula is C21H32FN3O. The average molecular weight is 362 g/mol. The minimum Gasteiger partial charge on any atom is -0.381 e. The summed E-state index contributed by atoms with van der Waals surface area (Å²) in [4.78, 5) is 7.43. The minimum atomic E-state index is -0.185. The molecule has 5 heteroatoms. The van der Waals surface area contributed by atoms with Crippen molar-refractivity contribution in [2.24, 2.45) is 10.9 Å². The fourth-order valence-electron chi connectivity index (χ4n) is 3.98. The van der Waals surface area contributed by atoms with Gasteiger partial charge >= 0.3 is 0 Å². The van der Waals surface area contributed by atoms with Gasteiger partial charge in [-0.1, -0.05) is 19.1 Å². The molecule has 26 heavy (non-hydrogen) atoms. The van der Waals surface area contributed by atoms with Crippen molar-refractivity contribution in [2.45, 2.75) is 44.9 Å². The van der Waals surface area contributed by atoms with Crippen molar-refractivity contribution < 1.29 is 9.13 Å². The molecule has 0 radical (unpaired) electrons. The molecule has 1 aromatic rings. The number of halogens is 1. The molecule has 2 fully saturated rings. The molecule has 0 unspecified atom stereocenters. The van der Waals surface area contributed by atoms with Crippen LogP contribution < -0.4 is 5.32 Å². The van der Waals surface area contributed by atoms with Crippen LogP contribution in [0.3, 0.4) is 0 Å². The van der Waals surface area contributed by atoms with Gasteiger partial charge in [0.2, 0.25) is 0 Å². The second-order valence-electron chi connectivity index (χ2n) is 7.74. The topological polar surface area (TPSA) is 36.9 Å². The average Bonchev–Trinajstić information content (AvgIpc) is 2.67. The van der Waals surface area contributed by atoms with Crippen LogP contribution in [0, 0.1) is 11.7 Å². The quantitative estimate of drug-likeness (QED) is 0.658. The molecule has 0 aromatic heterocycles. The minimum absolute atomic E-state index is 0.0598. The number of piperidine rings is 1. The Bertz CT molecular complexity index is 588. The van der Waals surface area contributed by atoms with Crippen LogP contribution in [0.5, 0.6) is 0 Å². The Morgan fingerprint density at radius 1 is 1.23 bits per heavy atom. The summed E-state index contributed by atoms with van der Waals surface area (Å²) in [5.74, 6) is 1.64. The number of likely N-dealkylation sites (tertiary alicyclic amines) is 1. The number of hydrogen-bond acceptors (Lipinski definition) is 2. The number of guanidine groups is 1. The fraction of sp³-hybridized carbons (Fsp3) is 0.667. The van der Waals surface area contributed by atoms with Crippen LogP contribution in [-0.4, -0.2) is 50.3 Å². The van der Waals surface area contributed by atoms with E-state index in [1.165, 1.54) is 18.4 Å².